The van der Waals surface area contributed by atoms with Crippen molar-refractivity contribution in [2.75, 3.05) is 0 Å². The number of aliphatic hydroxyl groups is 1. The standard InChI is InChI=1S/C13H22O2/c1-2-3-4-5-6-11-7-8-13(15)12(9-11)10-14/h10-11,14H,2-9H2,1H3/b12-10-. The Morgan fingerprint density at radius 3 is 2.87 bits per heavy atom. The van der Waals surface area contributed by atoms with Crippen LogP contribution in [0.4, 0.5) is 0 Å². The van der Waals surface area contributed by atoms with Crippen LogP contribution in [0, 0.1) is 5.92 Å². The molecular formula is C13H22O2. The maximum Gasteiger partial charge on any atom is 0.161 e. The highest BCUT2D eigenvalue weighted by Crippen LogP contribution is 2.29. The first-order valence-electron chi connectivity index (χ1n) is 6.14. The SMILES string of the molecule is CCCCCCC1CCC(=O)/C(=C\O)C1. The number of unbranched alkanes of at least 4 members (excludes halogenated alkanes) is 3. The molecule has 15 heavy (non-hydrogen) atoms. The minimum Gasteiger partial charge on any atom is -0.515 e. The van der Waals surface area contributed by atoms with Gasteiger partial charge < -0.3 is 5.11 Å². The number of hydrogen-bond donors (Lipinski definition) is 1. The molecule has 1 atom stereocenters. The Morgan fingerprint density at radius 2 is 2.20 bits per heavy atom. The highest BCUT2D eigenvalue weighted by atomic mass is 16.2. The van der Waals surface area contributed by atoms with Gasteiger partial charge in [0.05, 0.1) is 6.26 Å². The number of rotatable bonds is 5. The van der Waals surface area contributed by atoms with Crippen molar-refractivity contribution in [1.82, 2.24) is 0 Å². The normalized spacial score (nSPS) is 24.7. The molecule has 0 radical (unpaired) electrons. The highest BCUT2D eigenvalue weighted by molar-refractivity contribution is 5.95. The molecule has 0 aromatic rings. The fraction of sp³-hybridized carbons (Fsp3) is 0.769. The Kier molecular flexibility index (Phi) is 5.44. The lowest BCUT2D eigenvalue weighted by atomic mass is 9.82. The van der Waals surface area contributed by atoms with Crippen LogP contribution in [-0.2, 0) is 4.79 Å². The van der Waals surface area contributed by atoms with E-state index < -0.39 is 0 Å². The van der Waals surface area contributed by atoms with Gasteiger partial charge in [-0.3, -0.25) is 4.79 Å². The van der Waals surface area contributed by atoms with Gasteiger partial charge in [-0.15, -0.1) is 0 Å². The van der Waals surface area contributed by atoms with E-state index in [-0.39, 0.29) is 5.78 Å². The summed E-state index contributed by atoms with van der Waals surface area (Å²) in [5.41, 5.74) is 0.641. The maximum absolute atomic E-state index is 11.3. The smallest absolute Gasteiger partial charge is 0.161 e. The van der Waals surface area contributed by atoms with Gasteiger partial charge in [0.15, 0.2) is 5.78 Å². The average molecular weight is 210 g/mol. The van der Waals surface area contributed by atoms with E-state index >= 15 is 0 Å². The second-order valence-electron chi connectivity index (χ2n) is 4.54. The first-order chi connectivity index (χ1) is 7.27. The summed E-state index contributed by atoms with van der Waals surface area (Å²) in [6.45, 7) is 2.21. The molecule has 1 saturated carbocycles. The van der Waals surface area contributed by atoms with Crippen LogP contribution in [0.15, 0.2) is 11.8 Å². The topological polar surface area (TPSA) is 37.3 Å². The van der Waals surface area contributed by atoms with E-state index in [9.17, 15) is 4.79 Å². The lowest BCUT2D eigenvalue weighted by molar-refractivity contribution is -0.117. The molecule has 0 aliphatic heterocycles. The number of carbonyl (C=O) groups is 1. The van der Waals surface area contributed by atoms with E-state index in [1.165, 1.54) is 32.1 Å². The lowest BCUT2D eigenvalue weighted by Gasteiger charge is -2.22. The predicted molar refractivity (Wildman–Crippen MR) is 61.8 cm³/mol. The summed E-state index contributed by atoms with van der Waals surface area (Å²) >= 11 is 0. The summed E-state index contributed by atoms with van der Waals surface area (Å²) in [5, 5.41) is 8.91. The summed E-state index contributed by atoms with van der Waals surface area (Å²) in [4.78, 5) is 11.3. The number of aliphatic hydroxyl groups excluding tert-OH is 1. The minimum atomic E-state index is 0.141. The van der Waals surface area contributed by atoms with Gasteiger partial charge in [-0.1, -0.05) is 39.0 Å². The Bertz CT molecular complexity index is 231. The van der Waals surface area contributed by atoms with Crippen LogP contribution in [0.3, 0.4) is 0 Å². The maximum atomic E-state index is 11.3. The van der Waals surface area contributed by atoms with Gasteiger partial charge >= 0.3 is 0 Å². The monoisotopic (exact) mass is 210 g/mol. The third-order valence-corrected chi connectivity index (χ3v) is 3.27. The van der Waals surface area contributed by atoms with Gasteiger partial charge in [-0.05, 0) is 18.8 Å². The number of carbonyl (C=O) groups excluding carboxylic acids is 1. The van der Waals surface area contributed by atoms with Crippen molar-refractivity contribution in [3.8, 4) is 0 Å². The van der Waals surface area contributed by atoms with Crippen molar-refractivity contribution in [2.24, 2.45) is 5.92 Å². The summed E-state index contributed by atoms with van der Waals surface area (Å²) in [6.07, 6.45) is 9.82. The third kappa shape index (κ3) is 4.06. The largest absolute Gasteiger partial charge is 0.515 e. The molecule has 1 N–H and O–H groups in total. The molecule has 0 spiro atoms. The third-order valence-electron chi connectivity index (χ3n) is 3.27. The van der Waals surface area contributed by atoms with E-state index in [4.69, 9.17) is 5.11 Å². The van der Waals surface area contributed by atoms with Crippen LogP contribution >= 0.6 is 0 Å². The number of Topliss-reactive ketones (excluding diaryl/α,β-unsaturated/α-hetero) is 1. The van der Waals surface area contributed by atoms with Crippen LogP contribution in [0.5, 0.6) is 0 Å². The van der Waals surface area contributed by atoms with Crippen LogP contribution < -0.4 is 0 Å². The first kappa shape index (κ1) is 12.3. The van der Waals surface area contributed by atoms with Gasteiger partial charge in [0, 0.05) is 12.0 Å². The lowest BCUT2D eigenvalue weighted by Crippen LogP contribution is -2.17. The van der Waals surface area contributed by atoms with Gasteiger partial charge in [0.25, 0.3) is 0 Å². The van der Waals surface area contributed by atoms with Crippen LogP contribution in [0.1, 0.15) is 58.3 Å². The summed E-state index contributed by atoms with van der Waals surface area (Å²) < 4.78 is 0. The van der Waals surface area contributed by atoms with Crippen LogP contribution in [-0.4, -0.2) is 10.9 Å². The molecule has 0 aromatic carbocycles. The second kappa shape index (κ2) is 6.65. The molecule has 2 nitrogen and oxygen atoms in total. The average Bonchev–Trinajstić information content (AvgIpc) is 2.26. The van der Waals surface area contributed by atoms with Gasteiger partial charge in [-0.25, -0.2) is 0 Å². The zero-order chi connectivity index (χ0) is 11.1. The zero-order valence-electron chi connectivity index (χ0n) is 9.67. The molecule has 0 heterocycles. The van der Waals surface area contributed by atoms with Gasteiger partial charge in [0.1, 0.15) is 0 Å². The van der Waals surface area contributed by atoms with E-state index in [0.29, 0.717) is 17.9 Å². The Labute approximate surface area is 92.4 Å². The van der Waals surface area contributed by atoms with E-state index in [2.05, 4.69) is 6.92 Å². The highest BCUT2D eigenvalue weighted by Gasteiger charge is 2.22. The summed E-state index contributed by atoms with van der Waals surface area (Å²) in [6, 6.07) is 0. The molecule has 0 saturated heterocycles. The van der Waals surface area contributed by atoms with Crippen LogP contribution in [0.25, 0.3) is 0 Å². The second-order valence-corrected chi connectivity index (χ2v) is 4.54. The zero-order valence-corrected chi connectivity index (χ0v) is 9.67. The van der Waals surface area contributed by atoms with Crippen LogP contribution in [0.2, 0.25) is 0 Å². The van der Waals surface area contributed by atoms with Crippen molar-refractivity contribution >= 4 is 5.78 Å². The van der Waals surface area contributed by atoms with E-state index in [1.54, 1.807) is 0 Å². The molecule has 1 fully saturated rings. The van der Waals surface area contributed by atoms with Crippen molar-refractivity contribution in [1.29, 1.82) is 0 Å². The molecule has 0 aromatic heterocycles. The van der Waals surface area contributed by atoms with Gasteiger partial charge in [0.2, 0.25) is 0 Å². The molecule has 0 bridgehead atoms. The number of hydrogen-bond acceptors (Lipinski definition) is 2. The number of allylic oxidation sites excluding steroid dienone is 1. The molecule has 1 aliphatic carbocycles. The van der Waals surface area contributed by atoms with Crippen molar-refractivity contribution < 1.29 is 9.90 Å². The molecule has 2 heteroatoms. The fourth-order valence-electron chi connectivity index (χ4n) is 2.25. The van der Waals surface area contributed by atoms with Crippen molar-refractivity contribution in [2.45, 2.75) is 58.3 Å². The van der Waals surface area contributed by atoms with E-state index in [1.807, 2.05) is 0 Å². The Hall–Kier alpha value is -0.790. The molecule has 0 amide bonds. The Balaban J connectivity index is 2.23. The van der Waals surface area contributed by atoms with E-state index in [0.717, 1.165) is 19.1 Å². The number of ketones is 1. The predicted octanol–water partition coefficient (Wildman–Crippen LogP) is 3.77. The molecule has 86 valence electrons. The molecule has 1 rings (SSSR count). The minimum absolute atomic E-state index is 0.141. The van der Waals surface area contributed by atoms with Gasteiger partial charge in [-0.2, -0.15) is 0 Å². The molecule has 1 aliphatic rings. The van der Waals surface area contributed by atoms with Crippen molar-refractivity contribution in [3.63, 3.8) is 0 Å². The van der Waals surface area contributed by atoms with Crippen molar-refractivity contribution in [3.05, 3.63) is 11.8 Å². The summed E-state index contributed by atoms with van der Waals surface area (Å²) in [7, 11) is 0. The Morgan fingerprint density at radius 1 is 1.40 bits per heavy atom. The molecule has 1 unspecified atom stereocenters. The quantitative estimate of drug-likeness (QED) is 0.426. The first-order valence-corrected chi connectivity index (χ1v) is 6.14. The summed E-state index contributed by atoms with van der Waals surface area (Å²) in [5.74, 6) is 0.764. The molecular weight excluding hydrogens is 188 g/mol. The fourth-order valence-corrected chi connectivity index (χ4v) is 2.25.